The van der Waals surface area contributed by atoms with E-state index < -0.39 is 0 Å². The van der Waals surface area contributed by atoms with Crippen molar-refractivity contribution in [3.05, 3.63) is 58.1 Å². The summed E-state index contributed by atoms with van der Waals surface area (Å²) < 4.78 is 0. The van der Waals surface area contributed by atoms with E-state index in [1.165, 1.54) is 11.3 Å². The van der Waals surface area contributed by atoms with Gasteiger partial charge in [-0.3, -0.25) is 4.79 Å². The quantitative estimate of drug-likeness (QED) is 0.746. The summed E-state index contributed by atoms with van der Waals surface area (Å²) in [6.07, 6.45) is 1.61. The highest BCUT2D eigenvalue weighted by Gasteiger charge is 2.37. The summed E-state index contributed by atoms with van der Waals surface area (Å²) in [6, 6.07) is 11.9. The van der Waals surface area contributed by atoms with Crippen LogP contribution in [0.15, 0.2) is 36.4 Å². The Labute approximate surface area is 163 Å². The molecule has 2 aromatic carbocycles. The number of halogens is 1. The Balaban J connectivity index is 1.27. The van der Waals surface area contributed by atoms with E-state index in [0.29, 0.717) is 6.61 Å². The summed E-state index contributed by atoms with van der Waals surface area (Å²) in [4.78, 5) is 27.7. The van der Waals surface area contributed by atoms with Gasteiger partial charge in [0, 0.05) is 48.9 Å². The third kappa shape index (κ3) is 2.86. The Hall–Kier alpha value is -2.24. The lowest BCUT2D eigenvalue weighted by atomic mass is 9.76. The van der Waals surface area contributed by atoms with Crippen LogP contribution in [0.4, 0.5) is 5.69 Å². The monoisotopic (exact) mass is 384 g/mol. The third-order valence-corrected chi connectivity index (χ3v) is 6.22. The number of hydrogen-bond donors (Lipinski definition) is 0. The van der Waals surface area contributed by atoms with E-state index in [1.54, 1.807) is 0 Å². The lowest BCUT2D eigenvalue weighted by Gasteiger charge is -2.40. The fourth-order valence-electron chi connectivity index (χ4n) is 4.34. The minimum Gasteiger partial charge on any atom is -0.368 e. The van der Waals surface area contributed by atoms with Gasteiger partial charge >= 0.3 is 0 Å². The fraction of sp³-hybridized carbons (Fsp3) is 0.381. The average molecular weight is 385 g/mol. The van der Waals surface area contributed by atoms with E-state index in [-0.39, 0.29) is 11.8 Å². The molecule has 0 saturated carbocycles. The van der Waals surface area contributed by atoms with Crippen LogP contribution in [0.25, 0.3) is 0 Å². The molecular weight excluding hydrogens is 364 g/mol. The van der Waals surface area contributed by atoms with Gasteiger partial charge in [-0.15, -0.1) is 0 Å². The minimum atomic E-state index is -0.0275. The maximum Gasteiger partial charge on any atom is 0.230 e. The number of rotatable bonds is 2. The Kier molecular flexibility index (Phi) is 4.21. The van der Waals surface area contributed by atoms with Crippen LogP contribution in [-0.4, -0.2) is 43.6 Å². The highest BCUT2D eigenvalue weighted by molar-refractivity contribution is 6.31. The standard InChI is InChI=1S/C21H21ClN2O3/c22-18-4-1-3-14-16(18)13-17(14)21(25)24-10-8-23(9-11-24)19-5-2-6-20-15(19)7-12-26-27-20/h1-6,17H,7-13H2. The number of benzene rings is 2. The lowest BCUT2D eigenvalue weighted by Crippen LogP contribution is -2.51. The molecular formula is C21H21ClN2O3. The Morgan fingerprint density at radius 3 is 2.70 bits per heavy atom. The zero-order valence-electron chi connectivity index (χ0n) is 15.0. The number of fused-ring (bicyclic) bond motifs is 2. The third-order valence-electron chi connectivity index (χ3n) is 5.86. The Morgan fingerprint density at radius 1 is 1.04 bits per heavy atom. The maximum absolute atomic E-state index is 13.0. The van der Waals surface area contributed by atoms with Crippen LogP contribution in [-0.2, 0) is 22.5 Å². The molecule has 2 aliphatic heterocycles. The molecule has 0 N–H and O–H groups in total. The largest absolute Gasteiger partial charge is 0.368 e. The van der Waals surface area contributed by atoms with E-state index in [1.807, 2.05) is 35.2 Å². The van der Waals surface area contributed by atoms with Crippen LogP contribution in [0.3, 0.4) is 0 Å². The number of carbonyl (C=O) groups is 1. The molecule has 0 bridgehead atoms. The van der Waals surface area contributed by atoms with Gasteiger partial charge < -0.3 is 14.7 Å². The van der Waals surface area contributed by atoms with Gasteiger partial charge in [0.25, 0.3) is 0 Å². The molecule has 0 aromatic heterocycles. The van der Waals surface area contributed by atoms with Gasteiger partial charge in [-0.1, -0.05) is 29.8 Å². The molecule has 2 heterocycles. The zero-order valence-corrected chi connectivity index (χ0v) is 15.7. The van der Waals surface area contributed by atoms with Crippen LogP contribution < -0.4 is 9.79 Å². The molecule has 0 radical (unpaired) electrons. The molecule has 3 aliphatic rings. The summed E-state index contributed by atoms with van der Waals surface area (Å²) in [5.41, 5.74) is 4.63. The summed E-state index contributed by atoms with van der Waals surface area (Å²) in [7, 11) is 0. The van der Waals surface area contributed by atoms with Gasteiger partial charge in [-0.25, -0.2) is 0 Å². The molecule has 1 saturated heterocycles. The van der Waals surface area contributed by atoms with Crippen molar-refractivity contribution in [2.24, 2.45) is 0 Å². The SMILES string of the molecule is O=C(C1Cc2c(Cl)cccc21)N1CCN(c2cccc3c2CCOO3)CC1. The number of hydrogen-bond acceptors (Lipinski definition) is 4. The molecule has 6 heteroatoms. The molecule has 140 valence electrons. The van der Waals surface area contributed by atoms with Crippen LogP contribution >= 0.6 is 11.6 Å². The second-order valence-electron chi connectivity index (χ2n) is 7.29. The van der Waals surface area contributed by atoms with Gasteiger partial charge in [0.1, 0.15) is 0 Å². The first-order valence-corrected chi connectivity index (χ1v) is 9.82. The highest BCUT2D eigenvalue weighted by atomic mass is 35.5. The van der Waals surface area contributed by atoms with Gasteiger partial charge in [-0.2, -0.15) is 4.89 Å². The minimum absolute atomic E-state index is 0.0275. The van der Waals surface area contributed by atoms with Gasteiger partial charge in [-0.05, 0) is 35.7 Å². The molecule has 0 spiro atoms. The second kappa shape index (κ2) is 6.73. The molecule has 1 amide bonds. The van der Waals surface area contributed by atoms with Crippen LogP contribution in [0, 0.1) is 0 Å². The van der Waals surface area contributed by atoms with Crippen LogP contribution in [0.2, 0.25) is 5.02 Å². The molecule has 27 heavy (non-hydrogen) atoms. The van der Waals surface area contributed by atoms with Crippen LogP contribution in [0.1, 0.15) is 22.6 Å². The van der Waals surface area contributed by atoms with Gasteiger partial charge in [0.15, 0.2) is 5.75 Å². The molecule has 2 aromatic rings. The number of piperazine rings is 1. The van der Waals surface area contributed by atoms with Gasteiger partial charge in [0.05, 0.1) is 12.5 Å². The topological polar surface area (TPSA) is 42.0 Å². The van der Waals surface area contributed by atoms with Crippen molar-refractivity contribution in [1.82, 2.24) is 4.90 Å². The Bertz CT molecular complexity index is 893. The lowest BCUT2D eigenvalue weighted by molar-refractivity contribution is -0.215. The molecule has 1 atom stereocenters. The number of anilines is 1. The first kappa shape index (κ1) is 16.9. The van der Waals surface area contributed by atoms with Crippen molar-refractivity contribution in [2.75, 3.05) is 37.7 Å². The van der Waals surface area contributed by atoms with E-state index in [4.69, 9.17) is 21.4 Å². The smallest absolute Gasteiger partial charge is 0.230 e. The fourth-order valence-corrected chi connectivity index (χ4v) is 4.60. The number of nitrogens with zero attached hydrogens (tertiary/aromatic N) is 2. The number of amides is 1. The normalized spacial score (nSPS) is 21.0. The maximum atomic E-state index is 13.0. The van der Waals surface area contributed by atoms with E-state index in [0.717, 1.165) is 60.9 Å². The van der Waals surface area contributed by atoms with E-state index in [2.05, 4.69) is 11.0 Å². The van der Waals surface area contributed by atoms with Crippen molar-refractivity contribution >= 4 is 23.2 Å². The molecule has 1 unspecified atom stereocenters. The Morgan fingerprint density at radius 2 is 1.85 bits per heavy atom. The van der Waals surface area contributed by atoms with E-state index >= 15 is 0 Å². The highest BCUT2D eigenvalue weighted by Crippen LogP contribution is 2.41. The first-order valence-electron chi connectivity index (χ1n) is 9.45. The summed E-state index contributed by atoms with van der Waals surface area (Å²) >= 11 is 6.22. The predicted octanol–water partition coefficient (Wildman–Crippen LogP) is 3.20. The average Bonchev–Trinajstić information content (AvgIpc) is 2.69. The molecule has 5 rings (SSSR count). The zero-order chi connectivity index (χ0) is 18.4. The van der Waals surface area contributed by atoms with Crippen molar-refractivity contribution < 1.29 is 14.6 Å². The predicted molar refractivity (Wildman–Crippen MR) is 103 cm³/mol. The first-order chi connectivity index (χ1) is 13.2. The summed E-state index contributed by atoms with van der Waals surface area (Å²) in [5.74, 6) is 1.01. The van der Waals surface area contributed by atoms with Crippen molar-refractivity contribution in [3.8, 4) is 5.75 Å². The second-order valence-corrected chi connectivity index (χ2v) is 7.69. The number of carbonyl (C=O) groups excluding carboxylic acids is 1. The van der Waals surface area contributed by atoms with Crippen molar-refractivity contribution in [3.63, 3.8) is 0 Å². The summed E-state index contributed by atoms with van der Waals surface area (Å²) in [6.45, 7) is 3.72. The van der Waals surface area contributed by atoms with Crippen molar-refractivity contribution in [2.45, 2.75) is 18.8 Å². The summed E-state index contributed by atoms with van der Waals surface area (Å²) in [5, 5.41) is 0.779. The van der Waals surface area contributed by atoms with E-state index in [9.17, 15) is 4.79 Å². The van der Waals surface area contributed by atoms with Crippen molar-refractivity contribution in [1.29, 1.82) is 0 Å². The molecule has 1 aliphatic carbocycles. The molecule has 5 nitrogen and oxygen atoms in total. The van der Waals surface area contributed by atoms with Crippen LogP contribution in [0.5, 0.6) is 5.75 Å². The van der Waals surface area contributed by atoms with Gasteiger partial charge in [0.2, 0.25) is 5.91 Å². The molecule has 1 fully saturated rings.